The summed E-state index contributed by atoms with van der Waals surface area (Å²) in [6.07, 6.45) is 1.08. The lowest BCUT2D eigenvalue weighted by atomic mass is 10.1. The van der Waals surface area contributed by atoms with Crippen LogP contribution in [0.2, 0.25) is 0 Å². The van der Waals surface area contributed by atoms with Gasteiger partial charge in [-0.2, -0.15) is 0 Å². The highest BCUT2D eigenvalue weighted by Crippen LogP contribution is 2.17. The van der Waals surface area contributed by atoms with Crippen molar-refractivity contribution in [3.8, 4) is 0 Å². The van der Waals surface area contributed by atoms with Gasteiger partial charge in [-0.3, -0.25) is 9.59 Å². The molecule has 0 aromatic carbocycles. The van der Waals surface area contributed by atoms with Crippen molar-refractivity contribution >= 4 is 11.9 Å². The maximum absolute atomic E-state index is 11.5. The van der Waals surface area contributed by atoms with E-state index in [0.717, 1.165) is 0 Å². The molecule has 0 aliphatic heterocycles. The molecule has 0 N–H and O–H groups in total. The summed E-state index contributed by atoms with van der Waals surface area (Å²) in [5.74, 6) is -1.07. The first kappa shape index (κ1) is 15.9. The number of rotatable bonds is 6. The molecular weight excluding hydrogens is 220 g/mol. The Kier molecular flexibility index (Phi) is 5.66. The summed E-state index contributed by atoms with van der Waals surface area (Å²) >= 11 is 0. The highest BCUT2D eigenvalue weighted by Gasteiger charge is 2.25. The van der Waals surface area contributed by atoms with Crippen molar-refractivity contribution in [2.75, 3.05) is 0 Å². The van der Waals surface area contributed by atoms with E-state index in [4.69, 9.17) is 9.47 Å². The summed E-state index contributed by atoms with van der Waals surface area (Å²) in [4.78, 5) is 23.0. The molecule has 0 fully saturated rings. The van der Waals surface area contributed by atoms with E-state index >= 15 is 0 Å². The summed E-state index contributed by atoms with van der Waals surface area (Å²) in [7, 11) is 0. The van der Waals surface area contributed by atoms with Gasteiger partial charge in [-0.05, 0) is 40.5 Å². The predicted octanol–water partition coefficient (Wildman–Crippen LogP) is 2.84. The fourth-order valence-corrected chi connectivity index (χ4v) is 0.951. The quantitative estimate of drug-likeness (QED) is 0.532. The van der Waals surface area contributed by atoms with Gasteiger partial charge in [0.05, 0.1) is 0 Å². The summed E-state index contributed by atoms with van der Waals surface area (Å²) in [5.41, 5.74) is -1.06. The molecule has 0 aliphatic rings. The first-order chi connectivity index (χ1) is 7.62. The molecule has 0 saturated carbocycles. The van der Waals surface area contributed by atoms with Gasteiger partial charge >= 0.3 is 11.9 Å². The first-order valence-corrected chi connectivity index (χ1v) is 6.05. The van der Waals surface area contributed by atoms with Crippen LogP contribution in [0.25, 0.3) is 0 Å². The molecule has 100 valence electrons. The van der Waals surface area contributed by atoms with E-state index in [0.29, 0.717) is 12.8 Å². The van der Waals surface area contributed by atoms with E-state index in [2.05, 4.69) is 0 Å². The highest BCUT2D eigenvalue weighted by molar-refractivity contribution is 5.91. The lowest BCUT2D eigenvalue weighted by Gasteiger charge is -2.25. The van der Waals surface area contributed by atoms with Crippen LogP contribution in [0.15, 0.2) is 0 Å². The average molecular weight is 244 g/mol. The number of ether oxygens (including phenoxy) is 2. The van der Waals surface area contributed by atoms with Gasteiger partial charge in [0, 0.05) is 0 Å². The molecule has 0 atom stereocenters. The van der Waals surface area contributed by atoms with E-state index in [-0.39, 0.29) is 6.42 Å². The van der Waals surface area contributed by atoms with E-state index < -0.39 is 23.1 Å². The minimum Gasteiger partial charge on any atom is -0.459 e. The van der Waals surface area contributed by atoms with Crippen molar-refractivity contribution in [3.05, 3.63) is 0 Å². The van der Waals surface area contributed by atoms with Gasteiger partial charge in [0.25, 0.3) is 0 Å². The summed E-state index contributed by atoms with van der Waals surface area (Å²) < 4.78 is 10.3. The standard InChI is InChI=1S/C13H24O4/c1-7-12(3,4)16-10(14)9-11(15)17-13(5,6)8-2/h7-9H2,1-6H3. The van der Waals surface area contributed by atoms with Crippen molar-refractivity contribution in [1.82, 2.24) is 0 Å². The van der Waals surface area contributed by atoms with Crippen LogP contribution in [0, 0.1) is 0 Å². The van der Waals surface area contributed by atoms with Crippen LogP contribution in [0.4, 0.5) is 0 Å². The zero-order valence-electron chi connectivity index (χ0n) is 11.8. The molecule has 0 amide bonds. The summed E-state index contributed by atoms with van der Waals surface area (Å²) in [6, 6.07) is 0. The fraction of sp³-hybridized carbons (Fsp3) is 0.846. The van der Waals surface area contributed by atoms with Gasteiger partial charge in [0.15, 0.2) is 0 Å². The Labute approximate surface area is 104 Å². The Morgan fingerprint density at radius 2 is 1.12 bits per heavy atom. The molecule has 0 rings (SSSR count). The largest absolute Gasteiger partial charge is 0.459 e. The second kappa shape index (κ2) is 6.03. The molecule has 4 heteroatoms. The highest BCUT2D eigenvalue weighted by atomic mass is 16.6. The predicted molar refractivity (Wildman–Crippen MR) is 65.5 cm³/mol. The van der Waals surface area contributed by atoms with E-state index in [1.54, 1.807) is 0 Å². The Morgan fingerprint density at radius 3 is 1.35 bits per heavy atom. The SMILES string of the molecule is CCC(C)(C)OC(=O)CC(=O)OC(C)(C)CC. The zero-order chi connectivity index (χ0) is 13.7. The number of carbonyl (C=O) groups excluding carboxylic acids is 2. The third-order valence-electron chi connectivity index (χ3n) is 2.77. The molecule has 0 bridgehead atoms. The minimum atomic E-state index is -0.534. The maximum Gasteiger partial charge on any atom is 0.317 e. The Hall–Kier alpha value is -1.06. The zero-order valence-corrected chi connectivity index (χ0v) is 11.8. The molecule has 0 unspecified atom stereocenters. The Balaban J connectivity index is 4.19. The van der Waals surface area contributed by atoms with Crippen molar-refractivity contribution in [2.45, 2.75) is 72.0 Å². The smallest absolute Gasteiger partial charge is 0.317 e. The number of carbonyl (C=O) groups is 2. The van der Waals surface area contributed by atoms with Gasteiger partial charge in [-0.1, -0.05) is 13.8 Å². The number of hydrogen-bond acceptors (Lipinski definition) is 4. The lowest BCUT2D eigenvalue weighted by Crippen LogP contribution is -2.31. The molecule has 0 radical (unpaired) electrons. The van der Waals surface area contributed by atoms with Crippen LogP contribution in [-0.2, 0) is 19.1 Å². The van der Waals surface area contributed by atoms with E-state index in [1.807, 2.05) is 41.5 Å². The van der Waals surface area contributed by atoms with Crippen molar-refractivity contribution < 1.29 is 19.1 Å². The van der Waals surface area contributed by atoms with Crippen LogP contribution in [0.5, 0.6) is 0 Å². The van der Waals surface area contributed by atoms with E-state index in [9.17, 15) is 9.59 Å². The van der Waals surface area contributed by atoms with Crippen molar-refractivity contribution in [2.24, 2.45) is 0 Å². The topological polar surface area (TPSA) is 52.6 Å². The number of hydrogen-bond donors (Lipinski definition) is 0. The Morgan fingerprint density at radius 1 is 0.824 bits per heavy atom. The van der Waals surface area contributed by atoms with Crippen molar-refractivity contribution in [1.29, 1.82) is 0 Å². The van der Waals surface area contributed by atoms with Crippen molar-refractivity contribution in [3.63, 3.8) is 0 Å². The van der Waals surface area contributed by atoms with Gasteiger partial charge < -0.3 is 9.47 Å². The summed E-state index contributed by atoms with van der Waals surface area (Å²) in [6.45, 7) is 11.1. The van der Waals surface area contributed by atoms with E-state index in [1.165, 1.54) is 0 Å². The van der Waals surface area contributed by atoms with Gasteiger partial charge in [0.2, 0.25) is 0 Å². The third kappa shape index (κ3) is 6.97. The Bertz CT molecular complexity index is 251. The van der Waals surface area contributed by atoms with Crippen LogP contribution < -0.4 is 0 Å². The molecule has 0 aromatic rings. The van der Waals surface area contributed by atoms with Gasteiger partial charge in [-0.15, -0.1) is 0 Å². The number of esters is 2. The van der Waals surface area contributed by atoms with Crippen LogP contribution in [-0.4, -0.2) is 23.1 Å². The fourth-order valence-electron chi connectivity index (χ4n) is 0.951. The average Bonchev–Trinajstić information content (AvgIpc) is 2.15. The van der Waals surface area contributed by atoms with Gasteiger partial charge in [-0.25, -0.2) is 0 Å². The molecule has 17 heavy (non-hydrogen) atoms. The normalized spacial score (nSPS) is 12.1. The van der Waals surface area contributed by atoms with Crippen LogP contribution in [0.1, 0.15) is 60.8 Å². The van der Waals surface area contributed by atoms with Crippen LogP contribution in [0.3, 0.4) is 0 Å². The van der Waals surface area contributed by atoms with Gasteiger partial charge in [0.1, 0.15) is 17.6 Å². The molecule has 0 saturated heterocycles. The third-order valence-corrected chi connectivity index (χ3v) is 2.77. The second-order valence-electron chi connectivity index (χ2n) is 5.35. The lowest BCUT2D eigenvalue weighted by molar-refractivity contribution is -0.168. The maximum atomic E-state index is 11.5. The molecule has 0 aliphatic carbocycles. The minimum absolute atomic E-state index is 0.327. The molecule has 0 heterocycles. The molecule has 0 spiro atoms. The molecule has 4 nitrogen and oxygen atoms in total. The molecule has 0 aromatic heterocycles. The summed E-state index contributed by atoms with van der Waals surface area (Å²) in [5, 5.41) is 0. The first-order valence-electron chi connectivity index (χ1n) is 6.05. The monoisotopic (exact) mass is 244 g/mol. The molecular formula is C13H24O4. The van der Waals surface area contributed by atoms with Crippen LogP contribution >= 0.6 is 0 Å². The second-order valence-corrected chi connectivity index (χ2v) is 5.35.